The molecule has 1 radical (unpaired) electrons. The van der Waals surface area contributed by atoms with Crippen LogP contribution >= 0.6 is 0 Å². The van der Waals surface area contributed by atoms with Gasteiger partial charge in [0.05, 0.1) is 12.0 Å². The van der Waals surface area contributed by atoms with Crippen molar-refractivity contribution in [3.8, 4) is 0 Å². The first-order valence-corrected chi connectivity index (χ1v) is 2.23. The Morgan fingerprint density at radius 2 is 2.57 bits per heavy atom. The molecule has 1 rings (SSSR count). The first-order chi connectivity index (χ1) is 3.39. The van der Waals surface area contributed by atoms with E-state index in [0.29, 0.717) is 0 Å². The molecular weight excluding hydrogens is 88.1 g/mol. The zero-order valence-electron chi connectivity index (χ0n) is 4.05. The molecule has 0 aromatic rings. The number of allylic oxidation sites excluding steroid dienone is 3. The van der Waals surface area contributed by atoms with E-state index in [4.69, 9.17) is 4.74 Å². The van der Waals surface area contributed by atoms with Crippen molar-refractivity contribution in [1.29, 1.82) is 0 Å². The molecule has 37 valence electrons. The van der Waals surface area contributed by atoms with Gasteiger partial charge in [-0.05, 0) is 18.6 Å². The molecule has 0 aliphatic carbocycles. The topological polar surface area (TPSA) is 9.23 Å². The van der Waals surface area contributed by atoms with Gasteiger partial charge in [0.2, 0.25) is 0 Å². The number of hydrogen-bond donors (Lipinski definition) is 0. The van der Waals surface area contributed by atoms with Crippen LogP contribution in [-0.4, -0.2) is 0 Å². The molecule has 1 aliphatic rings. The Kier molecular flexibility index (Phi) is 1.16. The summed E-state index contributed by atoms with van der Waals surface area (Å²) >= 11 is 0. The zero-order chi connectivity index (χ0) is 5.11. The standard InChI is InChI=1S/C6H7O/c1-6-4-2-3-5-7-6/h3-5H,1-2H2. The predicted octanol–water partition coefficient (Wildman–Crippen LogP) is 1.64. The monoisotopic (exact) mass is 95.0 g/mol. The summed E-state index contributed by atoms with van der Waals surface area (Å²) in [5.41, 5.74) is 0. The minimum Gasteiger partial charge on any atom is -0.470 e. The third kappa shape index (κ3) is 1.07. The van der Waals surface area contributed by atoms with Gasteiger partial charge in [-0.25, -0.2) is 0 Å². The molecule has 0 atom stereocenters. The SMILES string of the molecule is [CH2]C1=CCC=CO1. The van der Waals surface area contributed by atoms with Crippen molar-refractivity contribution in [2.24, 2.45) is 0 Å². The maximum absolute atomic E-state index is 4.85. The number of ether oxygens (including phenoxy) is 1. The smallest absolute Gasteiger partial charge is 0.0999 e. The summed E-state index contributed by atoms with van der Waals surface area (Å²) in [5.74, 6) is 0.752. The van der Waals surface area contributed by atoms with Crippen LogP contribution in [0.25, 0.3) is 0 Å². The Morgan fingerprint density at radius 1 is 1.71 bits per heavy atom. The van der Waals surface area contributed by atoms with Crippen LogP contribution in [0.15, 0.2) is 24.2 Å². The Balaban J connectivity index is 2.50. The molecule has 1 nitrogen and oxygen atoms in total. The Labute approximate surface area is 43.3 Å². The van der Waals surface area contributed by atoms with Crippen molar-refractivity contribution in [1.82, 2.24) is 0 Å². The molecule has 1 aliphatic heterocycles. The molecule has 0 bridgehead atoms. The normalized spacial score (nSPS) is 18.1. The van der Waals surface area contributed by atoms with Gasteiger partial charge in [0.25, 0.3) is 0 Å². The van der Waals surface area contributed by atoms with Crippen LogP contribution in [0.2, 0.25) is 0 Å². The predicted molar refractivity (Wildman–Crippen MR) is 28.3 cm³/mol. The van der Waals surface area contributed by atoms with Gasteiger partial charge in [-0.3, -0.25) is 0 Å². The van der Waals surface area contributed by atoms with Crippen molar-refractivity contribution in [2.75, 3.05) is 0 Å². The molecule has 0 aromatic heterocycles. The highest BCUT2D eigenvalue weighted by Crippen LogP contribution is 2.03. The molecule has 0 N–H and O–H groups in total. The van der Waals surface area contributed by atoms with Crippen LogP contribution in [0.1, 0.15) is 6.42 Å². The zero-order valence-corrected chi connectivity index (χ0v) is 4.05. The van der Waals surface area contributed by atoms with Gasteiger partial charge in [0.15, 0.2) is 0 Å². The molecule has 0 spiro atoms. The lowest BCUT2D eigenvalue weighted by Gasteiger charge is -2.01. The number of rotatable bonds is 0. The summed E-state index contributed by atoms with van der Waals surface area (Å²) in [4.78, 5) is 0. The summed E-state index contributed by atoms with van der Waals surface area (Å²) in [5, 5.41) is 0. The molecule has 0 aromatic carbocycles. The first-order valence-electron chi connectivity index (χ1n) is 2.23. The van der Waals surface area contributed by atoms with E-state index in [9.17, 15) is 0 Å². The van der Waals surface area contributed by atoms with Crippen LogP contribution in [0.4, 0.5) is 0 Å². The summed E-state index contributed by atoms with van der Waals surface area (Å²) in [6, 6.07) is 0. The largest absolute Gasteiger partial charge is 0.470 e. The van der Waals surface area contributed by atoms with Crippen molar-refractivity contribution < 1.29 is 4.74 Å². The van der Waals surface area contributed by atoms with Crippen molar-refractivity contribution in [2.45, 2.75) is 6.42 Å². The van der Waals surface area contributed by atoms with Gasteiger partial charge in [0, 0.05) is 6.92 Å². The molecule has 1 heteroatoms. The van der Waals surface area contributed by atoms with Crippen LogP contribution in [-0.2, 0) is 4.74 Å². The van der Waals surface area contributed by atoms with E-state index in [1.54, 1.807) is 6.26 Å². The highest BCUT2D eigenvalue weighted by Gasteiger charge is 1.87. The third-order valence-electron chi connectivity index (χ3n) is 0.797. The Hall–Kier alpha value is -0.720. The van der Waals surface area contributed by atoms with Gasteiger partial charge >= 0.3 is 0 Å². The van der Waals surface area contributed by atoms with Crippen LogP contribution in [0, 0.1) is 6.92 Å². The van der Waals surface area contributed by atoms with Gasteiger partial charge in [-0.2, -0.15) is 0 Å². The number of hydrogen-bond acceptors (Lipinski definition) is 1. The molecule has 0 unspecified atom stereocenters. The van der Waals surface area contributed by atoms with E-state index in [2.05, 4.69) is 6.92 Å². The highest BCUT2D eigenvalue weighted by atomic mass is 16.5. The Bertz CT molecular complexity index is 111. The quantitative estimate of drug-likeness (QED) is 0.444. The van der Waals surface area contributed by atoms with Gasteiger partial charge in [0.1, 0.15) is 0 Å². The maximum Gasteiger partial charge on any atom is 0.0999 e. The van der Waals surface area contributed by atoms with E-state index in [1.165, 1.54) is 0 Å². The molecule has 0 saturated carbocycles. The molecular formula is C6H7O. The molecule has 0 fully saturated rings. The first kappa shape index (κ1) is 4.44. The Morgan fingerprint density at radius 3 is 2.86 bits per heavy atom. The molecule has 0 saturated heterocycles. The van der Waals surface area contributed by atoms with E-state index in [-0.39, 0.29) is 0 Å². The van der Waals surface area contributed by atoms with Crippen LogP contribution in [0.5, 0.6) is 0 Å². The fourth-order valence-electron chi connectivity index (χ4n) is 0.439. The summed E-state index contributed by atoms with van der Waals surface area (Å²) in [7, 11) is 0. The van der Waals surface area contributed by atoms with Crippen molar-refractivity contribution in [3.63, 3.8) is 0 Å². The van der Waals surface area contributed by atoms with Gasteiger partial charge < -0.3 is 4.74 Å². The molecule has 7 heavy (non-hydrogen) atoms. The van der Waals surface area contributed by atoms with Gasteiger partial charge in [-0.15, -0.1) is 0 Å². The fourth-order valence-corrected chi connectivity index (χ4v) is 0.439. The van der Waals surface area contributed by atoms with E-state index < -0.39 is 0 Å². The second-order valence-electron chi connectivity index (χ2n) is 1.40. The van der Waals surface area contributed by atoms with E-state index >= 15 is 0 Å². The minimum atomic E-state index is 0.752. The molecule has 1 heterocycles. The highest BCUT2D eigenvalue weighted by molar-refractivity contribution is 5.05. The summed E-state index contributed by atoms with van der Waals surface area (Å²) in [6.07, 6.45) is 6.48. The average molecular weight is 95.1 g/mol. The van der Waals surface area contributed by atoms with Crippen LogP contribution in [0.3, 0.4) is 0 Å². The maximum atomic E-state index is 4.85. The van der Waals surface area contributed by atoms with Crippen LogP contribution < -0.4 is 0 Å². The third-order valence-corrected chi connectivity index (χ3v) is 0.797. The van der Waals surface area contributed by atoms with Gasteiger partial charge in [-0.1, -0.05) is 0 Å². The fraction of sp³-hybridized carbons (Fsp3) is 0.167. The van der Waals surface area contributed by atoms with E-state index in [1.807, 2.05) is 12.2 Å². The van der Waals surface area contributed by atoms with Crippen molar-refractivity contribution in [3.05, 3.63) is 31.1 Å². The lowest BCUT2D eigenvalue weighted by atomic mass is 10.3. The lowest BCUT2D eigenvalue weighted by Crippen LogP contribution is -1.82. The second-order valence-corrected chi connectivity index (χ2v) is 1.40. The van der Waals surface area contributed by atoms with Crippen molar-refractivity contribution >= 4 is 0 Å². The second kappa shape index (κ2) is 1.82. The lowest BCUT2D eigenvalue weighted by molar-refractivity contribution is 0.358. The summed E-state index contributed by atoms with van der Waals surface area (Å²) in [6.45, 7) is 3.59. The van der Waals surface area contributed by atoms with E-state index in [0.717, 1.165) is 12.2 Å². The molecule has 0 amide bonds. The minimum absolute atomic E-state index is 0.752. The summed E-state index contributed by atoms with van der Waals surface area (Å²) < 4.78 is 4.85. The average Bonchev–Trinajstić information content (AvgIpc) is 1.69.